The van der Waals surface area contributed by atoms with Gasteiger partial charge in [-0.1, -0.05) is 13.8 Å². The molecule has 1 heterocycles. The van der Waals surface area contributed by atoms with Gasteiger partial charge >= 0.3 is 0 Å². The zero-order valence-corrected chi connectivity index (χ0v) is 11.0. The second-order valence-corrected chi connectivity index (χ2v) is 4.21. The summed E-state index contributed by atoms with van der Waals surface area (Å²) < 4.78 is 2.07. The van der Waals surface area contributed by atoms with E-state index in [9.17, 15) is 0 Å². The van der Waals surface area contributed by atoms with Crippen molar-refractivity contribution in [2.24, 2.45) is 0 Å². The van der Waals surface area contributed by atoms with Crippen LogP contribution in [0.15, 0.2) is 0 Å². The summed E-state index contributed by atoms with van der Waals surface area (Å²) in [7, 11) is 2.01. The Bertz CT molecular complexity index is 306. The molecule has 16 heavy (non-hydrogen) atoms. The van der Waals surface area contributed by atoms with E-state index in [1.807, 2.05) is 7.05 Å². The third kappa shape index (κ3) is 3.59. The summed E-state index contributed by atoms with van der Waals surface area (Å²) in [5, 5.41) is 7.76. The molecule has 1 aromatic rings. The van der Waals surface area contributed by atoms with Gasteiger partial charge in [-0.2, -0.15) is 5.10 Å². The van der Waals surface area contributed by atoms with Crippen LogP contribution in [0.25, 0.3) is 0 Å². The van der Waals surface area contributed by atoms with Crippen molar-refractivity contribution in [3.63, 3.8) is 0 Å². The van der Waals surface area contributed by atoms with Gasteiger partial charge in [0.25, 0.3) is 0 Å². The van der Waals surface area contributed by atoms with Gasteiger partial charge in [-0.3, -0.25) is 0 Å². The summed E-state index contributed by atoms with van der Waals surface area (Å²) in [5.41, 5.74) is 0. The highest BCUT2D eigenvalue weighted by Crippen LogP contribution is 2.04. The Balaban J connectivity index is 2.49. The molecule has 0 spiro atoms. The summed E-state index contributed by atoms with van der Waals surface area (Å²) in [6.07, 6.45) is 4.23. The van der Waals surface area contributed by atoms with Crippen LogP contribution in [0.1, 0.15) is 45.3 Å². The van der Waals surface area contributed by atoms with Gasteiger partial charge in [0.1, 0.15) is 5.82 Å². The monoisotopic (exact) mass is 224 g/mol. The molecule has 0 aromatic carbocycles. The van der Waals surface area contributed by atoms with Crippen molar-refractivity contribution in [3.05, 3.63) is 11.6 Å². The number of nitrogens with one attached hydrogen (secondary N) is 1. The molecule has 4 nitrogen and oxygen atoms in total. The van der Waals surface area contributed by atoms with E-state index >= 15 is 0 Å². The van der Waals surface area contributed by atoms with Crippen LogP contribution in [0.3, 0.4) is 0 Å². The van der Waals surface area contributed by atoms with Crippen molar-refractivity contribution in [1.29, 1.82) is 0 Å². The van der Waals surface area contributed by atoms with Crippen LogP contribution in [0.4, 0.5) is 0 Å². The highest BCUT2D eigenvalue weighted by Gasteiger charge is 2.07. The number of aromatic nitrogens is 3. The fourth-order valence-electron chi connectivity index (χ4n) is 1.71. The van der Waals surface area contributed by atoms with Crippen molar-refractivity contribution >= 4 is 0 Å². The molecule has 0 saturated carbocycles. The lowest BCUT2D eigenvalue weighted by Gasteiger charge is -2.10. The van der Waals surface area contributed by atoms with Crippen molar-refractivity contribution in [2.45, 2.75) is 59.0 Å². The SMILES string of the molecule is CCc1nc(CC)n(CCCC(C)NC)n1. The van der Waals surface area contributed by atoms with E-state index in [2.05, 4.69) is 40.9 Å². The van der Waals surface area contributed by atoms with Crippen LogP contribution in [0.2, 0.25) is 0 Å². The first-order valence-corrected chi connectivity index (χ1v) is 6.31. The van der Waals surface area contributed by atoms with Crippen molar-refractivity contribution in [3.8, 4) is 0 Å². The van der Waals surface area contributed by atoms with Crippen LogP contribution in [0.5, 0.6) is 0 Å². The van der Waals surface area contributed by atoms with Gasteiger partial charge in [-0.05, 0) is 26.8 Å². The van der Waals surface area contributed by atoms with E-state index in [0.29, 0.717) is 6.04 Å². The summed E-state index contributed by atoms with van der Waals surface area (Å²) in [5.74, 6) is 2.09. The van der Waals surface area contributed by atoms with Gasteiger partial charge in [-0.25, -0.2) is 9.67 Å². The van der Waals surface area contributed by atoms with Crippen molar-refractivity contribution < 1.29 is 0 Å². The third-order valence-corrected chi connectivity index (χ3v) is 2.92. The maximum Gasteiger partial charge on any atom is 0.150 e. The standard InChI is InChI=1S/C12H24N4/c1-5-11-14-12(6-2)16(15-11)9-7-8-10(3)13-4/h10,13H,5-9H2,1-4H3. The van der Waals surface area contributed by atoms with Gasteiger partial charge in [0.2, 0.25) is 0 Å². The summed E-state index contributed by atoms with van der Waals surface area (Å²) in [6.45, 7) is 7.43. The molecule has 1 N–H and O–H groups in total. The average molecular weight is 224 g/mol. The summed E-state index contributed by atoms with van der Waals surface area (Å²) in [6, 6.07) is 0.583. The molecule has 0 fully saturated rings. The van der Waals surface area contributed by atoms with Crippen LogP contribution >= 0.6 is 0 Å². The molecule has 4 heteroatoms. The van der Waals surface area contributed by atoms with Crippen LogP contribution < -0.4 is 5.32 Å². The van der Waals surface area contributed by atoms with Gasteiger partial charge in [-0.15, -0.1) is 0 Å². The fourth-order valence-corrected chi connectivity index (χ4v) is 1.71. The topological polar surface area (TPSA) is 42.7 Å². The normalized spacial score (nSPS) is 13.0. The highest BCUT2D eigenvalue weighted by molar-refractivity contribution is 4.92. The van der Waals surface area contributed by atoms with E-state index in [0.717, 1.165) is 37.5 Å². The van der Waals surface area contributed by atoms with E-state index in [1.165, 1.54) is 6.42 Å². The Morgan fingerprint density at radius 3 is 2.62 bits per heavy atom. The molecule has 0 amide bonds. The van der Waals surface area contributed by atoms with Crippen molar-refractivity contribution in [1.82, 2.24) is 20.1 Å². The smallest absolute Gasteiger partial charge is 0.150 e. The fraction of sp³-hybridized carbons (Fsp3) is 0.833. The van der Waals surface area contributed by atoms with Gasteiger partial charge in [0.15, 0.2) is 5.82 Å². The Labute approximate surface area is 98.5 Å². The Hall–Kier alpha value is -0.900. The number of aryl methyl sites for hydroxylation is 3. The number of hydrogen-bond donors (Lipinski definition) is 1. The average Bonchev–Trinajstić information content (AvgIpc) is 2.71. The van der Waals surface area contributed by atoms with Gasteiger partial charge in [0.05, 0.1) is 0 Å². The molecule has 0 aliphatic carbocycles. The molecule has 0 aliphatic rings. The lowest BCUT2D eigenvalue weighted by atomic mass is 10.2. The Morgan fingerprint density at radius 1 is 1.31 bits per heavy atom. The van der Waals surface area contributed by atoms with Gasteiger partial charge < -0.3 is 5.32 Å². The maximum atomic E-state index is 4.51. The van der Waals surface area contributed by atoms with E-state index in [4.69, 9.17) is 0 Å². The Kier molecular flexibility index (Phi) is 5.46. The van der Waals surface area contributed by atoms with E-state index < -0.39 is 0 Å². The lowest BCUT2D eigenvalue weighted by molar-refractivity contribution is 0.477. The molecule has 1 aromatic heterocycles. The van der Waals surface area contributed by atoms with Crippen LogP contribution in [-0.4, -0.2) is 27.9 Å². The summed E-state index contributed by atoms with van der Waals surface area (Å²) in [4.78, 5) is 4.50. The predicted octanol–water partition coefficient (Wildman–Crippen LogP) is 1.79. The predicted molar refractivity (Wildman–Crippen MR) is 66.5 cm³/mol. The minimum Gasteiger partial charge on any atom is -0.317 e. The molecule has 0 bridgehead atoms. The van der Waals surface area contributed by atoms with Crippen LogP contribution in [-0.2, 0) is 19.4 Å². The lowest BCUT2D eigenvalue weighted by Crippen LogP contribution is -2.21. The van der Waals surface area contributed by atoms with E-state index in [1.54, 1.807) is 0 Å². The van der Waals surface area contributed by atoms with Gasteiger partial charge in [0, 0.05) is 25.4 Å². The first kappa shape index (κ1) is 13.2. The molecule has 0 aliphatic heterocycles. The second-order valence-electron chi connectivity index (χ2n) is 4.21. The minimum atomic E-state index is 0.583. The summed E-state index contributed by atoms with van der Waals surface area (Å²) >= 11 is 0. The minimum absolute atomic E-state index is 0.583. The van der Waals surface area contributed by atoms with Crippen LogP contribution in [0, 0.1) is 0 Å². The first-order valence-electron chi connectivity index (χ1n) is 6.31. The number of hydrogen-bond acceptors (Lipinski definition) is 3. The zero-order chi connectivity index (χ0) is 12.0. The highest BCUT2D eigenvalue weighted by atomic mass is 15.3. The number of rotatable bonds is 7. The first-order chi connectivity index (χ1) is 7.71. The Morgan fingerprint density at radius 2 is 2.06 bits per heavy atom. The molecule has 1 rings (SSSR count). The molecule has 0 saturated heterocycles. The largest absolute Gasteiger partial charge is 0.317 e. The molecule has 1 atom stereocenters. The second kappa shape index (κ2) is 6.63. The third-order valence-electron chi connectivity index (χ3n) is 2.92. The quantitative estimate of drug-likeness (QED) is 0.768. The number of nitrogens with zero attached hydrogens (tertiary/aromatic N) is 3. The maximum absolute atomic E-state index is 4.51. The van der Waals surface area contributed by atoms with E-state index in [-0.39, 0.29) is 0 Å². The molecule has 1 unspecified atom stereocenters. The van der Waals surface area contributed by atoms with Crippen molar-refractivity contribution in [2.75, 3.05) is 7.05 Å². The molecular formula is C12H24N4. The molecule has 92 valence electrons. The zero-order valence-electron chi connectivity index (χ0n) is 11.0. The molecular weight excluding hydrogens is 200 g/mol. The molecule has 0 radical (unpaired) electrons.